The van der Waals surface area contributed by atoms with E-state index < -0.39 is 0 Å². The van der Waals surface area contributed by atoms with E-state index in [4.69, 9.17) is 4.74 Å². The van der Waals surface area contributed by atoms with E-state index in [1.807, 2.05) is 0 Å². The van der Waals surface area contributed by atoms with Gasteiger partial charge in [-0.15, -0.1) is 0 Å². The fraction of sp³-hybridized carbons (Fsp3) is 1.00. The first-order valence-electron chi connectivity index (χ1n) is 6.20. The Hall–Kier alpha value is -0.0800. The predicted octanol–water partition coefficient (Wildman–Crippen LogP) is 2.78. The van der Waals surface area contributed by atoms with Gasteiger partial charge < -0.3 is 4.74 Å². The highest BCUT2D eigenvalue weighted by Crippen LogP contribution is 2.37. The van der Waals surface area contributed by atoms with E-state index >= 15 is 0 Å². The maximum Gasteiger partial charge on any atom is 0.0589 e. The fourth-order valence-corrected chi connectivity index (χ4v) is 2.89. The van der Waals surface area contributed by atoms with Gasteiger partial charge in [-0.25, -0.2) is 0 Å². The van der Waals surface area contributed by atoms with Crippen LogP contribution in [0.5, 0.6) is 0 Å². The summed E-state index contributed by atoms with van der Waals surface area (Å²) >= 11 is 0. The van der Waals surface area contributed by atoms with Crippen LogP contribution in [0.3, 0.4) is 0 Å². The molecule has 1 aliphatic heterocycles. The first-order valence-corrected chi connectivity index (χ1v) is 6.20. The molecule has 2 heteroatoms. The Labute approximate surface area is 95.0 Å². The molecule has 0 bridgehead atoms. The molecule has 1 heterocycles. The standard InChI is InChI=1S/C13H27NO/c1-11-12(13(2,3)4)7-6-8-14(11)9-10-15-5/h11-12H,6-10H2,1-5H3. The molecule has 0 aromatic rings. The zero-order chi connectivity index (χ0) is 11.5. The second-order valence-electron chi connectivity index (χ2n) is 5.88. The van der Waals surface area contributed by atoms with Crippen LogP contribution in [-0.4, -0.2) is 37.7 Å². The lowest BCUT2D eigenvalue weighted by Gasteiger charge is -2.45. The summed E-state index contributed by atoms with van der Waals surface area (Å²) in [6.07, 6.45) is 2.73. The lowest BCUT2D eigenvalue weighted by Crippen LogP contribution is -2.48. The largest absolute Gasteiger partial charge is 0.383 e. The maximum absolute atomic E-state index is 5.17. The van der Waals surface area contributed by atoms with Crippen molar-refractivity contribution in [2.24, 2.45) is 11.3 Å². The molecule has 2 nitrogen and oxygen atoms in total. The van der Waals surface area contributed by atoms with Crippen molar-refractivity contribution < 1.29 is 4.74 Å². The number of ether oxygens (including phenoxy) is 1. The third kappa shape index (κ3) is 3.46. The zero-order valence-electron chi connectivity index (χ0n) is 11.0. The summed E-state index contributed by atoms with van der Waals surface area (Å²) in [6.45, 7) is 12.7. The molecule has 1 fully saturated rings. The molecule has 1 rings (SSSR count). The van der Waals surface area contributed by atoms with Crippen LogP contribution in [0, 0.1) is 11.3 Å². The molecule has 0 aromatic carbocycles. The average Bonchev–Trinajstić information content (AvgIpc) is 2.14. The van der Waals surface area contributed by atoms with Crippen LogP contribution >= 0.6 is 0 Å². The van der Waals surface area contributed by atoms with Crippen molar-refractivity contribution in [3.05, 3.63) is 0 Å². The van der Waals surface area contributed by atoms with E-state index in [1.165, 1.54) is 19.4 Å². The Bertz CT molecular complexity index is 185. The molecule has 90 valence electrons. The Morgan fingerprint density at radius 1 is 1.33 bits per heavy atom. The molecular formula is C13H27NO. The van der Waals surface area contributed by atoms with E-state index in [0.717, 1.165) is 19.1 Å². The number of nitrogens with zero attached hydrogens (tertiary/aromatic N) is 1. The minimum atomic E-state index is 0.436. The third-order valence-corrected chi connectivity index (χ3v) is 3.81. The van der Waals surface area contributed by atoms with Gasteiger partial charge in [0.05, 0.1) is 6.61 Å². The fourth-order valence-electron chi connectivity index (χ4n) is 2.89. The third-order valence-electron chi connectivity index (χ3n) is 3.81. The zero-order valence-corrected chi connectivity index (χ0v) is 11.0. The summed E-state index contributed by atoms with van der Waals surface area (Å²) in [5, 5.41) is 0. The molecule has 0 amide bonds. The molecule has 0 N–H and O–H groups in total. The monoisotopic (exact) mass is 213 g/mol. The van der Waals surface area contributed by atoms with Gasteiger partial charge in [-0.3, -0.25) is 4.90 Å². The summed E-state index contributed by atoms with van der Waals surface area (Å²) in [4.78, 5) is 2.59. The quantitative estimate of drug-likeness (QED) is 0.715. The number of piperidine rings is 1. The van der Waals surface area contributed by atoms with E-state index in [2.05, 4.69) is 32.6 Å². The smallest absolute Gasteiger partial charge is 0.0589 e. The SMILES string of the molecule is COCCN1CCCC(C(C)(C)C)C1C. The Morgan fingerprint density at radius 3 is 2.53 bits per heavy atom. The normalized spacial score (nSPS) is 29.4. The minimum absolute atomic E-state index is 0.436. The molecular weight excluding hydrogens is 186 g/mol. The number of hydrogen-bond donors (Lipinski definition) is 0. The molecule has 1 saturated heterocycles. The number of methoxy groups -OCH3 is 1. The van der Waals surface area contributed by atoms with Crippen LogP contribution in [0.4, 0.5) is 0 Å². The van der Waals surface area contributed by atoms with Gasteiger partial charge in [-0.2, -0.15) is 0 Å². The molecule has 0 radical (unpaired) electrons. The summed E-state index contributed by atoms with van der Waals surface area (Å²) < 4.78 is 5.17. The van der Waals surface area contributed by atoms with Crippen LogP contribution in [0.2, 0.25) is 0 Å². The molecule has 0 spiro atoms. The van der Waals surface area contributed by atoms with Crippen molar-refractivity contribution >= 4 is 0 Å². The highest BCUT2D eigenvalue weighted by molar-refractivity contribution is 4.87. The first-order chi connectivity index (χ1) is 6.96. The van der Waals surface area contributed by atoms with Crippen molar-refractivity contribution in [2.45, 2.75) is 46.6 Å². The molecule has 15 heavy (non-hydrogen) atoms. The van der Waals surface area contributed by atoms with Crippen LogP contribution in [-0.2, 0) is 4.74 Å². The Balaban J connectivity index is 2.55. The van der Waals surface area contributed by atoms with Gasteiger partial charge in [0.25, 0.3) is 0 Å². The van der Waals surface area contributed by atoms with Gasteiger partial charge in [0.15, 0.2) is 0 Å². The second kappa shape index (κ2) is 5.31. The lowest BCUT2D eigenvalue weighted by atomic mass is 9.72. The predicted molar refractivity (Wildman–Crippen MR) is 65.1 cm³/mol. The van der Waals surface area contributed by atoms with Crippen LogP contribution in [0.25, 0.3) is 0 Å². The molecule has 2 unspecified atom stereocenters. The number of likely N-dealkylation sites (tertiary alicyclic amines) is 1. The van der Waals surface area contributed by atoms with Crippen molar-refractivity contribution in [2.75, 3.05) is 26.8 Å². The first kappa shape index (κ1) is 13.0. The van der Waals surface area contributed by atoms with Crippen LogP contribution in [0.15, 0.2) is 0 Å². The van der Waals surface area contributed by atoms with Crippen molar-refractivity contribution in [1.29, 1.82) is 0 Å². The van der Waals surface area contributed by atoms with Gasteiger partial charge >= 0.3 is 0 Å². The van der Waals surface area contributed by atoms with E-state index in [9.17, 15) is 0 Å². The van der Waals surface area contributed by atoms with Gasteiger partial charge in [-0.05, 0) is 37.6 Å². The molecule has 0 aliphatic carbocycles. The van der Waals surface area contributed by atoms with Gasteiger partial charge in [0.1, 0.15) is 0 Å². The molecule has 1 aliphatic rings. The highest BCUT2D eigenvalue weighted by Gasteiger charge is 2.35. The van der Waals surface area contributed by atoms with E-state index in [-0.39, 0.29) is 0 Å². The molecule has 0 saturated carbocycles. The van der Waals surface area contributed by atoms with Crippen LogP contribution < -0.4 is 0 Å². The topological polar surface area (TPSA) is 12.5 Å². The summed E-state index contributed by atoms with van der Waals surface area (Å²) in [5.41, 5.74) is 0.436. The average molecular weight is 213 g/mol. The summed E-state index contributed by atoms with van der Waals surface area (Å²) in [7, 11) is 1.79. The summed E-state index contributed by atoms with van der Waals surface area (Å²) in [5.74, 6) is 0.822. The maximum atomic E-state index is 5.17. The molecule has 2 atom stereocenters. The van der Waals surface area contributed by atoms with Crippen molar-refractivity contribution in [1.82, 2.24) is 4.90 Å². The number of hydrogen-bond acceptors (Lipinski definition) is 2. The number of rotatable bonds is 3. The van der Waals surface area contributed by atoms with E-state index in [0.29, 0.717) is 11.5 Å². The Kier molecular flexibility index (Phi) is 4.60. The van der Waals surface area contributed by atoms with Crippen LogP contribution in [0.1, 0.15) is 40.5 Å². The van der Waals surface area contributed by atoms with Crippen molar-refractivity contribution in [3.8, 4) is 0 Å². The highest BCUT2D eigenvalue weighted by atomic mass is 16.5. The van der Waals surface area contributed by atoms with Gasteiger partial charge in [0, 0.05) is 19.7 Å². The Morgan fingerprint density at radius 2 is 2.00 bits per heavy atom. The van der Waals surface area contributed by atoms with E-state index in [1.54, 1.807) is 7.11 Å². The lowest BCUT2D eigenvalue weighted by molar-refractivity contribution is 0.0257. The minimum Gasteiger partial charge on any atom is -0.383 e. The van der Waals surface area contributed by atoms with Crippen molar-refractivity contribution in [3.63, 3.8) is 0 Å². The van der Waals surface area contributed by atoms with Gasteiger partial charge in [-0.1, -0.05) is 20.8 Å². The van der Waals surface area contributed by atoms with Gasteiger partial charge in [0.2, 0.25) is 0 Å². The molecule has 0 aromatic heterocycles. The summed E-state index contributed by atoms with van der Waals surface area (Å²) in [6, 6.07) is 0.703. The second-order valence-corrected chi connectivity index (χ2v) is 5.88.